The average Bonchev–Trinajstić information content (AvgIpc) is 2.38. The van der Waals surface area contributed by atoms with Gasteiger partial charge in [-0.3, -0.25) is 4.90 Å². The molecule has 0 amide bonds. The first-order valence-electron chi connectivity index (χ1n) is 8.71. The lowest BCUT2D eigenvalue weighted by molar-refractivity contribution is -0.208. The number of hydrogen-bond donors (Lipinski definition) is 0. The summed E-state index contributed by atoms with van der Waals surface area (Å²) in [5.74, 6) is 4.84. The predicted octanol–water partition coefficient (Wildman–Crippen LogP) is 4.29. The van der Waals surface area contributed by atoms with Crippen molar-refractivity contribution < 1.29 is 4.74 Å². The molecule has 2 fully saturated rings. The van der Waals surface area contributed by atoms with Gasteiger partial charge in [0.15, 0.2) is 6.23 Å². The van der Waals surface area contributed by atoms with Gasteiger partial charge < -0.3 is 4.74 Å². The zero-order valence-corrected chi connectivity index (χ0v) is 16.3. The van der Waals surface area contributed by atoms with Gasteiger partial charge in [-0.15, -0.1) is 12.1 Å². The van der Waals surface area contributed by atoms with Crippen LogP contribution in [0.4, 0.5) is 0 Å². The molecule has 1 heterocycles. The summed E-state index contributed by atoms with van der Waals surface area (Å²) in [5.41, 5.74) is 3.63. The van der Waals surface area contributed by atoms with E-state index in [1.54, 1.807) is 0 Å². The van der Waals surface area contributed by atoms with Crippen LogP contribution < -0.4 is 0 Å². The van der Waals surface area contributed by atoms with Crippen molar-refractivity contribution in [2.45, 2.75) is 77.5 Å². The molecule has 124 valence electrons. The van der Waals surface area contributed by atoms with Gasteiger partial charge in [0.05, 0.1) is 6.10 Å². The molecule has 1 aliphatic carbocycles. The molecule has 1 aliphatic heterocycles. The van der Waals surface area contributed by atoms with E-state index in [0.717, 1.165) is 12.5 Å². The molecule has 1 saturated carbocycles. The lowest BCUT2D eigenvalue weighted by Gasteiger charge is -2.56. The van der Waals surface area contributed by atoms with Gasteiger partial charge in [0.25, 0.3) is 0 Å². The highest BCUT2D eigenvalue weighted by atomic mass is 28.3. The summed E-state index contributed by atoms with van der Waals surface area (Å²) in [4.78, 5) is 2.42. The highest BCUT2D eigenvalue weighted by Gasteiger charge is 2.49. The Bertz CT molecular complexity index is 468. The van der Waals surface area contributed by atoms with E-state index in [0.29, 0.717) is 12.0 Å². The molecule has 0 aromatic heterocycles. The average molecular weight is 320 g/mol. The van der Waals surface area contributed by atoms with Gasteiger partial charge >= 0.3 is 0 Å². The standard InChI is InChI=1S/C19H33NOSi/c1-8-12-20-18(11-13-22(5,6)7)21-17-14-15(2)9-10-16(17)19(20,3)4/h8,15-18H,1,9-10,12,14H2,2-7H3/t15-,16-,17-,18?/m1/s1. The second-order valence-corrected chi connectivity index (χ2v) is 13.4. The maximum atomic E-state index is 6.48. The van der Waals surface area contributed by atoms with E-state index in [-0.39, 0.29) is 11.8 Å². The van der Waals surface area contributed by atoms with Gasteiger partial charge in [-0.25, -0.2) is 0 Å². The van der Waals surface area contributed by atoms with Crippen molar-refractivity contribution in [3.8, 4) is 11.5 Å². The van der Waals surface area contributed by atoms with E-state index >= 15 is 0 Å². The molecule has 0 radical (unpaired) electrons. The Balaban J connectivity index is 2.30. The lowest BCUT2D eigenvalue weighted by atomic mass is 9.70. The van der Waals surface area contributed by atoms with Crippen LogP contribution in [0.25, 0.3) is 0 Å². The molecule has 0 spiro atoms. The third-order valence-electron chi connectivity index (χ3n) is 5.18. The van der Waals surface area contributed by atoms with Gasteiger partial charge in [0.2, 0.25) is 0 Å². The fourth-order valence-electron chi connectivity index (χ4n) is 3.90. The Hall–Kier alpha value is -0.563. The maximum absolute atomic E-state index is 6.48. The van der Waals surface area contributed by atoms with Crippen molar-refractivity contribution in [2.75, 3.05) is 6.54 Å². The molecule has 1 unspecified atom stereocenters. The Morgan fingerprint density at radius 1 is 1.32 bits per heavy atom. The molecular weight excluding hydrogens is 286 g/mol. The van der Waals surface area contributed by atoms with Crippen LogP contribution in [0.15, 0.2) is 12.7 Å². The highest BCUT2D eigenvalue weighted by Crippen LogP contribution is 2.44. The third kappa shape index (κ3) is 3.85. The molecule has 0 bridgehead atoms. The van der Waals surface area contributed by atoms with Crippen molar-refractivity contribution in [1.82, 2.24) is 4.90 Å². The van der Waals surface area contributed by atoms with Crippen molar-refractivity contribution in [1.29, 1.82) is 0 Å². The van der Waals surface area contributed by atoms with Gasteiger partial charge in [0, 0.05) is 18.0 Å². The minimum absolute atomic E-state index is 0.0775. The van der Waals surface area contributed by atoms with Gasteiger partial charge in [-0.05, 0) is 32.6 Å². The molecule has 0 aromatic carbocycles. The minimum Gasteiger partial charge on any atom is -0.348 e. The molecule has 0 aromatic rings. The summed E-state index contributed by atoms with van der Waals surface area (Å²) >= 11 is 0. The lowest BCUT2D eigenvalue weighted by Crippen LogP contribution is -2.64. The van der Waals surface area contributed by atoms with Crippen LogP contribution in [0.3, 0.4) is 0 Å². The summed E-state index contributed by atoms with van der Waals surface area (Å²) in [5, 5.41) is 0. The van der Waals surface area contributed by atoms with Gasteiger partial charge in [0.1, 0.15) is 8.07 Å². The van der Waals surface area contributed by atoms with Crippen LogP contribution in [0.2, 0.25) is 19.6 Å². The number of fused-ring (bicyclic) bond motifs is 1. The molecule has 2 rings (SSSR count). The van der Waals surface area contributed by atoms with Crippen molar-refractivity contribution in [3.05, 3.63) is 12.7 Å². The first-order valence-corrected chi connectivity index (χ1v) is 12.2. The summed E-state index contributed by atoms with van der Waals surface area (Å²) in [6.45, 7) is 18.7. The molecule has 22 heavy (non-hydrogen) atoms. The van der Waals surface area contributed by atoms with Gasteiger partial charge in [-0.2, -0.15) is 0 Å². The first kappa shape index (κ1) is 17.8. The van der Waals surface area contributed by atoms with Crippen molar-refractivity contribution in [2.24, 2.45) is 11.8 Å². The fourth-order valence-corrected chi connectivity index (χ4v) is 4.46. The minimum atomic E-state index is -1.39. The van der Waals surface area contributed by atoms with Crippen LogP contribution >= 0.6 is 0 Å². The summed E-state index contributed by atoms with van der Waals surface area (Å²) in [6.07, 6.45) is 6.04. The van der Waals surface area contributed by atoms with Crippen molar-refractivity contribution >= 4 is 8.07 Å². The largest absolute Gasteiger partial charge is 0.348 e. The fraction of sp³-hybridized carbons (Fsp3) is 0.789. The quantitative estimate of drug-likeness (QED) is 0.427. The third-order valence-corrected chi connectivity index (χ3v) is 6.08. The SMILES string of the molecule is C=CCN1C(C#C[Si](C)(C)C)O[C@@H]2C[C@H](C)CC[C@H]2C1(C)C. The van der Waals surface area contributed by atoms with E-state index in [1.807, 2.05) is 6.08 Å². The molecule has 2 nitrogen and oxygen atoms in total. The van der Waals surface area contributed by atoms with Crippen molar-refractivity contribution in [3.63, 3.8) is 0 Å². The molecule has 0 N–H and O–H groups in total. The zero-order valence-electron chi connectivity index (χ0n) is 15.3. The summed E-state index contributed by atoms with van der Waals surface area (Å²) < 4.78 is 6.48. The van der Waals surface area contributed by atoms with E-state index in [2.05, 4.69) is 63.4 Å². The van der Waals surface area contributed by atoms with Crippen LogP contribution in [0.5, 0.6) is 0 Å². The zero-order chi connectivity index (χ0) is 16.5. The molecule has 1 saturated heterocycles. The smallest absolute Gasteiger partial charge is 0.174 e. The topological polar surface area (TPSA) is 12.5 Å². The van der Waals surface area contributed by atoms with E-state index < -0.39 is 8.07 Å². The molecule has 3 heteroatoms. The monoisotopic (exact) mass is 319 g/mol. The predicted molar refractivity (Wildman–Crippen MR) is 97.3 cm³/mol. The second kappa shape index (κ2) is 6.51. The summed E-state index contributed by atoms with van der Waals surface area (Å²) in [6, 6.07) is 0. The first-order chi connectivity index (χ1) is 10.1. The van der Waals surface area contributed by atoms with Crippen LogP contribution in [-0.4, -0.2) is 37.4 Å². The number of hydrogen-bond acceptors (Lipinski definition) is 2. The second-order valence-electron chi connectivity index (χ2n) is 8.67. The molecule has 2 aliphatic rings. The Labute approximate surface area is 138 Å². The molecule has 4 atom stereocenters. The van der Waals surface area contributed by atoms with E-state index in [4.69, 9.17) is 4.74 Å². The van der Waals surface area contributed by atoms with Crippen LogP contribution in [-0.2, 0) is 4.74 Å². The Kier molecular flexibility index (Phi) is 5.26. The van der Waals surface area contributed by atoms with E-state index in [1.165, 1.54) is 19.3 Å². The normalized spacial score (nSPS) is 35.2. The maximum Gasteiger partial charge on any atom is 0.174 e. The Morgan fingerprint density at radius 3 is 2.59 bits per heavy atom. The number of ether oxygens (including phenoxy) is 1. The summed E-state index contributed by atoms with van der Waals surface area (Å²) in [7, 11) is -1.39. The Morgan fingerprint density at radius 2 is 2.00 bits per heavy atom. The molecular formula is C19H33NOSi. The van der Waals surface area contributed by atoms with Gasteiger partial charge in [-0.1, -0.05) is 45.0 Å². The van der Waals surface area contributed by atoms with Crippen LogP contribution in [0, 0.1) is 23.3 Å². The number of rotatable bonds is 2. The van der Waals surface area contributed by atoms with Crippen LogP contribution in [0.1, 0.15) is 40.0 Å². The number of nitrogens with zero attached hydrogens (tertiary/aromatic N) is 1. The van der Waals surface area contributed by atoms with E-state index in [9.17, 15) is 0 Å². The highest BCUT2D eigenvalue weighted by molar-refractivity contribution is 6.83.